The number of nitrogens with zero attached hydrogens (tertiary/aromatic N) is 1. The van der Waals surface area contributed by atoms with Crippen LogP contribution in [0.15, 0.2) is 47.3 Å². The van der Waals surface area contributed by atoms with E-state index in [1.165, 1.54) is 19.1 Å². The van der Waals surface area contributed by atoms with E-state index in [9.17, 15) is 18.8 Å². The first-order valence-electron chi connectivity index (χ1n) is 8.27. The van der Waals surface area contributed by atoms with Crippen LogP contribution in [0, 0.1) is 5.82 Å². The van der Waals surface area contributed by atoms with Crippen molar-refractivity contribution in [2.45, 2.75) is 19.4 Å². The van der Waals surface area contributed by atoms with Gasteiger partial charge in [0.1, 0.15) is 5.82 Å². The van der Waals surface area contributed by atoms with E-state index >= 15 is 0 Å². The number of aromatic amines is 1. The predicted octanol–water partition coefficient (Wildman–Crippen LogP) is 2.83. The first kappa shape index (κ1) is 19.5. The van der Waals surface area contributed by atoms with Gasteiger partial charge in [0.2, 0.25) is 0 Å². The molecule has 0 aliphatic rings. The van der Waals surface area contributed by atoms with E-state index in [-0.39, 0.29) is 22.7 Å². The van der Waals surface area contributed by atoms with E-state index in [1.807, 2.05) is 0 Å². The van der Waals surface area contributed by atoms with Gasteiger partial charge in [-0.05, 0) is 31.2 Å². The number of hydrogen-bond donors (Lipinski definition) is 2. The van der Waals surface area contributed by atoms with Crippen molar-refractivity contribution in [1.82, 2.24) is 10.2 Å². The summed E-state index contributed by atoms with van der Waals surface area (Å²) in [5.74, 6) is -2.12. The Balaban J connectivity index is 1.67. The van der Waals surface area contributed by atoms with Crippen molar-refractivity contribution in [1.29, 1.82) is 0 Å². The highest BCUT2D eigenvalue weighted by Gasteiger charge is 2.20. The summed E-state index contributed by atoms with van der Waals surface area (Å²) in [5.41, 5.74) is -0.132. The van der Waals surface area contributed by atoms with Crippen molar-refractivity contribution in [3.63, 3.8) is 0 Å². The van der Waals surface area contributed by atoms with Crippen LogP contribution in [0.2, 0.25) is 5.02 Å². The summed E-state index contributed by atoms with van der Waals surface area (Å²) < 4.78 is 18.9. The van der Waals surface area contributed by atoms with Crippen LogP contribution in [0.4, 0.5) is 10.1 Å². The number of esters is 1. The van der Waals surface area contributed by atoms with Crippen molar-refractivity contribution in [2.75, 3.05) is 5.32 Å². The Kier molecular flexibility index (Phi) is 5.70. The molecule has 0 saturated heterocycles. The summed E-state index contributed by atoms with van der Waals surface area (Å²) in [6.07, 6.45) is -1.42. The zero-order valence-corrected chi connectivity index (χ0v) is 15.4. The molecule has 144 valence electrons. The first-order valence-corrected chi connectivity index (χ1v) is 8.64. The molecule has 0 spiro atoms. The monoisotopic (exact) mass is 403 g/mol. The fourth-order valence-electron chi connectivity index (χ4n) is 2.56. The summed E-state index contributed by atoms with van der Waals surface area (Å²) in [6.45, 7) is 1.36. The third-order valence-corrected chi connectivity index (χ3v) is 4.19. The number of nitrogens with one attached hydrogen (secondary N) is 2. The number of hydrogen-bond acceptors (Lipinski definition) is 5. The fourth-order valence-corrected chi connectivity index (χ4v) is 2.72. The maximum Gasteiger partial charge on any atom is 0.312 e. The van der Waals surface area contributed by atoms with Gasteiger partial charge in [-0.25, -0.2) is 9.49 Å². The lowest BCUT2D eigenvalue weighted by atomic mass is 10.1. The molecule has 0 aliphatic carbocycles. The minimum absolute atomic E-state index is 0.0782. The molecular formula is C19H15ClFN3O4. The lowest BCUT2D eigenvalue weighted by Gasteiger charge is -2.14. The van der Waals surface area contributed by atoms with Crippen molar-refractivity contribution < 1.29 is 18.7 Å². The van der Waals surface area contributed by atoms with E-state index in [0.29, 0.717) is 16.5 Å². The van der Waals surface area contributed by atoms with Crippen LogP contribution in [0.1, 0.15) is 12.6 Å². The predicted molar refractivity (Wildman–Crippen MR) is 102 cm³/mol. The molecule has 1 amide bonds. The van der Waals surface area contributed by atoms with Crippen LogP contribution in [-0.4, -0.2) is 28.2 Å². The first-order chi connectivity index (χ1) is 13.3. The second-order valence-electron chi connectivity index (χ2n) is 5.97. The van der Waals surface area contributed by atoms with E-state index in [4.69, 9.17) is 16.3 Å². The lowest BCUT2D eigenvalue weighted by Crippen LogP contribution is -2.31. The standard InChI is InChI=1S/C19H15ClFN3O4/c1-10(18(26)22-15-7-6-11(20)8-14(15)21)28-17(25)9-16-12-4-2-3-5-13(12)19(27)24-23-16/h2-8,10H,9H2,1H3,(H,22,26)(H,24,27)/t10-/m0/s1. The summed E-state index contributed by atoms with van der Waals surface area (Å²) in [5, 5.41) is 9.64. The highest BCUT2D eigenvalue weighted by molar-refractivity contribution is 6.30. The molecule has 1 atom stereocenters. The number of carbonyl (C=O) groups is 2. The maximum atomic E-state index is 13.8. The van der Waals surface area contributed by atoms with E-state index < -0.39 is 23.8 Å². The van der Waals surface area contributed by atoms with Crippen molar-refractivity contribution in [3.05, 3.63) is 69.4 Å². The van der Waals surface area contributed by atoms with Gasteiger partial charge in [0.05, 0.1) is 23.2 Å². The Morgan fingerprint density at radius 2 is 1.96 bits per heavy atom. The topological polar surface area (TPSA) is 101 Å². The highest BCUT2D eigenvalue weighted by Crippen LogP contribution is 2.19. The number of ether oxygens (including phenoxy) is 1. The average Bonchev–Trinajstić information content (AvgIpc) is 2.66. The van der Waals surface area contributed by atoms with E-state index in [0.717, 1.165) is 6.07 Å². The second-order valence-corrected chi connectivity index (χ2v) is 6.40. The molecule has 3 rings (SSSR count). The molecule has 0 saturated carbocycles. The molecule has 2 N–H and O–H groups in total. The molecule has 1 aromatic heterocycles. The Morgan fingerprint density at radius 1 is 1.25 bits per heavy atom. The van der Waals surface area contributed by atoms with Crippen molar-refractivity contribution in [2.24, 2.45) is 0 Å². The Hall–Kier alpha value is -3.26. The number of anilines is 1. The van der Waals surface area contributed by atoms with Crippen LogP contribution in [0.5, 0.6) is 0 Å². The largest absolute Gasteiger partial charge is 0.452 e. The van der Waals surface area contributed by atoms with Crippen LogP contribution in [-0.2, 0) is 20.7 Å². The fraction of sp³-hybridized carbons (Fsp3) is 0.158. The molecule has 0 unspecified atom stereocenters. The maximum absolute atomic E-state index is 13.8. The number of rotatable bonds is 5. The van der Waals surface area contributed by atoms with Gasteiger partial charge >= 0.3 is 5.97 Å². The molecule has 28 heavy (non-hydrogen) atoms. The number of amides is 1. The molecule has 3 aromatic rings. The lowest BCUT2D eigenvalue weighted by molar-refractivity contribution is -0.152. The summed E-state index contributed by atoms with van der Waals surface area (Å²) >= 11 is 5.66. The number of fused-ring (bicyclic) bond motifs is 1. The van der Waals surface area contributed by atoms with Gasteiger partial charge in [0, 0.05) is 10.4 Å². The Bertz CT molecular complexity index is 1120. The number of carbonyl (C=O) groups excluding carboxylic acids is 2. The number of benzene rings is 2. The van der Waals surface area contributed by atoms with Crippen LogP contribution < -0.4 is 10.9 Å². The molecule has 0 fully saturated rings. The Morgan fingerprint density at radius 3 is 2.68 bits per heavy atom. The smallest absolute Gasteiger partial charge is 0.312 e. The molecular weight excluding hydrogens is 389 g/mol. The minimum Gasteiger partial charge on any atom is -0.452 e. The summed E-state index contributed by atoms with van der Waals surface area (Å²) in [6, 6.07) is 10.5. The quantitative estimate of drug-likeness (QED) is 0.638. The van der Waals surface area contributed by atoms with E-state index in [2.05, 4.69) is 15.5 Å². The van der Waals surface area contributed by atoms with Crippen LogP contribution in [0.25, 0.3) is 10.8 Å². The van der Waals surface area contributed by atoms with Gasteiger partial charge in [-0.15, -0.1) is 0 Å². The van der Waals surface area contributed by atoms with Crippen molar-refractivity contribution in [3.8, 4) is 0 Å². The van der Waals surface area contributed by atoms with Gasteiger partial charge < -0.3 is 10.1 Å². The van der Waals surface area contributed by atoms with Gasteiger partial charge in [0.15, 0.2) is 6.10 Å². The number of aromatic nitrogens is 2. The average molecular weight is 404 g/mol. The molecule has 0 aliphatic heterocycles. The second kappa shape index (κ2) is 8.18. The van der Waals surface area contributed by atoms with Gasteiger partial charge in [-0.3, -0.25) is 14.4 Å². The normalized spacial score (nSPS) is 11.8. The van der Waals surface area contributed by atoms with Crippen LogP contribution >= 0.6 is 11.6 Å². The van der Waals surface area contributed by atoms with Gasteiger partial charge in [0.25, 0.3) is 11.5 Å². The van der Waals surface area contributed by atoms with Gasteiger partial charge in [-0.1, -0.05) is 29.8 Å². The molecule has 2 aromatic carbocycles. The highest BCUT2D eigenvalue weighted by atomic mass is 35.5. The number of H-pyrrole nitrogens is 1. The molecule has 0 radical (unpaired) electrons. The molecule has 0 bridgehead atoms. The molecule has 7 nitrogen and oxygen atoms in total. The minimum atomic E-state index is -1.17. The SMILES string of the molecule is C[C@H](OC(=O)Cc1n[nH]c(=O)c2ccccc12)C(=O)Nc1ccc(Cl)cc1F. The third-order valence-electron chi connectivity index (χ3n) is 3.95. The Labute approximate surface area is 163 Å². The third kappa shape index (κ3) is 4.34. The zero-order valence-electron chi connectivity index (χ0n) is 14.7. The molecule has 9 heteroatoms. The zero-order chi connectivity index (χ0) is 20.3. The number of halogens is 2. The van der Waals surface area contributed by atoms with E-state index in [1.54, 1.807) is 24.3 Å². The molecule has 1 heterocycles. The summed E-state index contributed by atoms with van der Waals surface area (Å²) in [7, 11) is 0. The van der Waals surface area contributed by atoms with Crippen LogP contribution in [0.3, 0.4) is 0 Å². The van der Waals surface area contributed by atoms with Gasteiger partial charge in [-0.2, -0.15) is 5.10 Å². The van der Waals surface area contributed by atoms with Crippen molar-refractivity contribution >= 4 is 39.9 Å². The summed E-state index contributed by atoms with van der Waals surface area (Å²) in [4.78, 5) is 36.1.